The third-order valence-electron chi connectivity index (χ3n) is 3.15. The topological polar surface area (TPSA) is 21.3 Å². The SMILES string of the molecule is CCCNCc1sc2cccc(F)c2c1COCCC. The van der Waals surface area contributed by atoms with Crippen LogP contribution in [0.2, 0.25) is 0 Å². The molecular weight excluding hydrogens is 273 g/mol. The zero-order valence-corrected chi connectivity index (χ0v) is 13.0. The van der Waals surface area contributed by atoms with Crippen LogP contribution >= 0.6 is 11.3 Å². The predicted molar refractivity (Wildman–Crippen MR) is 83.7 cm³/mol. The van der Waals surface area contributed by atoms with Gasteiger partial charge in [-0.3, -0.25) is 0 Å². The molecule has 0 amide bonds. The van der Waals surface area contributed by atoms with E-state index < -0.39 is 0 Å². The molecule has 0 atom stereocenters. The Kier molecular flexibility index (Phi) is 5.95. The number of benzene rings is 1. The summed E-state index contributed by atoms with van der Waals surface area (Å²) in [5.74, 6) is -0.143. The van der Waals surface area contributed by atoms with Crippen LogP contribution in [0.15, 0.2) is 18.2 Å². The van der Waals surface area contributed by atoms with E-state index in [1.807, 2.05) is 6.07 Å². The Morgan fingerprint density at radius 3 is 2.85 bits per heavy atom. The highest BCUT2D eigenvalue weighted by Gasteiger charge is 2.15. The maximum absolute atomic E-state index is 14.1. The normalized spacial score (nSPS) is 11.3. The van der Waals surface area contributed by atoms with Gasteiger partial charge in [0.2, 0.25) is 0 Å². The molecule has 1 aromatic carbocycles. The summed E-state index contributed by atoms with van der Waals surface area (Å²) in [6, 6.07) is 5.28. The lowest BCUT2D eigenvalue weighted by Crippen LogP contribution is -2.14. The van der Waals surface area contributed by atoms with Crippen LogP contribution in [0.1, 0.15) is 37.1 Å². The second kappa shape index (κ2) is 7.72. The number of rotatable bonds is 8. The summed E-state index contributed by atoms with van der Waals surface area (Å²) in [6.07, 6.45) is 2.08. The molecule has 1 heterocycles. The summed E-state index contributed by atoms with van der Waals surface area (Å²) in [5.41, 5.74) is 1.01. The number of ether oxygens (including phenoxy) is 1. The number of hydrogen-bond donors (Lipinski definition) is 1. The molecule has 20 heavy (non-hydrogen) atoms. The van der Waals surface area contributed by atoms with Crippen LogP contribution in [-0.4, -0.2) is 13.2 Å². The molecule has 1 aromatic heterocycles. The molecule has 0 saturated heterocycles. The maximum atomic E-state index is 14.1. The third kappa shape index (κ3) is 3.57. The molecule has 0 bridgehead atoms. The van der Waals surface area contributed by atoms with Crippen molar-refractivity contribution >= 4 is 21.4 Å². The van der Waals surface area contributed by atoms with Gasteiger partial charge in [-0.1, -0.05) is 19.9 Å². The molecule has 0 aliphatic carbocycles. The summed E-state index contributed by atoms with van der Waals surface area (Å²) in [4.78, 5) is 1.19. The van der Waals surface area contributed by atoms with Crippen LogP contribution < -0.4 is 5.32 Å². The van der Waals surface area contributed by atoms with Crippen molar-refractivity contribution in [2.75, 3.05) is 13.2 Å². The lowest BCUT2D eigenvalue weighted by Gasteiger charge is -2.07. The van der Waals surface area contributed by atoms with Crippen molar-refractivity contribution in [2.45, 2.75) is 39.8 Å². The first kappa shape index (κ1) is 15.4. The molecule has 2 rings (SSSR count). The van der Waals surface area contributed by atoms with Crippen molar-refractivity contribution in [1.29, 1.82) is 0 Å². The van der Waals surface area contributed by atoms with Gasteiger partial charge in [0.25, 0.3) is 0 Å². The lowest BCUT2D eigenvalue weighted by atomic mass is 10.1. The van der Waals surface area contributed by atoms with E-state index in [2.05, 4.69) is 19.2 Å². The summed E-state index contributed by atoms with van der Waals surface area (Å²) in [5, 5.41) is 4.13. The first-order chi connectivity index (χ1) is 9.77. The molecule has 0 saturated carbocycles. The highest BCUT2D eigenvalue weighted by Crippen LogP contribution is 2.33. The fraction of sp³-hybridized carbons (Fsp3) is 0.500. The fourth-order valence-corrected chi connectivity index (χ4v) is 3.40. The minimum atomic E-state index is -0.143. The molecule has 2 nitrogen and oxygen atoms in total. The zero-order valence-electron chi connectivity index (χ0n) is 12.2. The van der Waals surface area contributed by atoms with Crippen molar-refractivity contribution in [1.82, 2.24) is 5.32 Å². The van der Waals surface area contributed by atoms with E-state index in [0.29, 0.717) is 13.2 Å². The van der Waals surface area contributed by atoms with Gasteiger partial charge in [-0.2, -0.15) is 0 Å². The van der Waals surface area contributed by atoms with E-state index in [9.17, 15) is 4.39 Å². The molecule has 0 aliphatic rings. The van der Waals surface area contributed by atoms with Crippen molar-refractivity contribution in [3.05, 3.63) is 34.5 Å². The average Bonchev–Trinajstić information content (AvgIpc) is 2.79. The van der Waals surface area contributed by atoms with Gasteiger partial charge < -0.3 is 10.1 Å². The standard InChI is InChI=1S/C16H22FNOS/c1-3-8-18-10-15-12(11-19-9-4-2)16-13(17)6-5-7-14(16)20-15/h5-7,18H,3-4,8-11H2,1-2H3. The Morgan fingerprint density at radius 1 is 1.25 bits per heavy atom. The fourth-order valence-electron chi connectivity index (χ4n) is 2.21. The predicted octanol–water partition coefficient (Wildman–Crippen LogP) is 4.47. The molecule has 1 N–H and O–H groups in total. The van der Waals surface area contributed by atoms with Crippen LogP contribution in [0.5, 0.6) is 0 Å². The van der Waals surface area contributed by atoms with Gasteiger partial charge in [-0.05, 0) is 31.5 Å². The van der Waals surface area contributed by atoms with Crippen LogP contribution in [0.4, 0.5) is 4.39 Å². The highest BCUT2D eigenvalue weighted by atomic mass is 32.1. The molecule has 0 fully saturated rings. The van der Waals surface area contributed by atoms with Gasteiger partial charge in [-0.25, -0.2) is 4.39 Å². The number of fused-ring (bicyclic) bond motifs is 1. The Balaban J connectivity index is 2.28. The van der Waals surface area contributed by atoms with Crippen molar-refractivity contribution in [2.24, 2.45) is 0 Å². The smallest absolute Gasteiger partial charge is 0.132 e. The second-order valence-electron chi connectivity index (χ2n) is 4.85. The molecule has 0 aliphatic heterocycles. The molecule has 2 aromatic rings. The summed E-state index contributed by atoms with van der Waals surface area (Å²) < 4.78 is 20.7. The summed E-state index contributed by atoms with van der Waals surface area (Å²) in [6.45, 7) is 7.20. The van der Waals surface area contributed by atoms with Gasteiger partial charge in [0.15, 0.2) is 0 Å². The van der Waals surface area contributed by atoms with E-state index in [-0.39, 0.29) is 5.82 Å². The first-order valence-corrected chi connectivity index (χ1v) is 8.06. The largest absolute Gasteiger partial charge is 0.377 e. The van der Waals surface area contributed by atoms with Crippen molar-refractivity contribution in [3.63, 3.8) is 0 Å². The Morgan fingerprint density at radius 2 is 2.10 bits per heavy atom. The minimum absolute atomic E-state index is 0.143. The van der Waals surface area contributed by atoms with Gasteiger partial charge in [0.05, 0.1) is 6.61 Å². The van der Waals surface area contributed by atoms with E-state index in [0.717, 1.165) is 41.6 Å². The van der Waals surface area contributed by atoms with Gasteiger partial charge in [0, 0.05) is 33.7 Å². The molecular formula is C16H22FNOS. The van der Waals surface area contributed by atoms with Gasteiger partial charge >= 0.3 is 0 Å². The summed E-state index contributed by atoms with van der Waals surface area (Å²) in [7, 11) is 0. The van der Waals surface area contributed by atoms with Crippen LogP contribution in [0.3, 0.4) is 0 Å². The second-order valence-corrected chi connectivity index (χ2v) is 5.98. The molecule has 0 spiro atoms. The van der Waals surface area contributed by atoms with E-state index in [4.69, 9.17) is 4.74 Å². The molecule has 0 unspecified atom stereocenters. The average molecular weight is 295 g/mol. The quantitative estimate of drug-likeness (QED) is 0.726. The van der Waals surface area contributed by atoms with Crippen LogP contribution in [0.25, 0.3) is 10.1 Å². The zero-order chi connectivity index (χ0) is 14.4. The van der Waals surface area contributed by atoms with E-state index in [1.165, 1.54) is 10.9 Å². The van der Waals surface area contributed by atoms with Gasteiger partial charge in [0.1, 0.15) is 5.82 Å². The number of hydrogen-bond acceptors (Lipinski definition) is 3. The van der Waals surface area contributed by atoms with Crippen LogP contribution in [-0.2, 0) is 17.9 Å². The monoisotopic (exact) mass is 295 g/mol. The number of halogens is 1. The number of thiophene rings is 1. The summed E-state index contributed by atoms with van der Waals surface area (Å²) >= 11 is 1.66. The molecule has 4 heteroatoms. The minimum Gasteiger partial charge on any atom is -0.377 e. The van der Waals surface area contributed by atoms with Crippen LogP contribution in [0, 0.1) is 5.82 Å². The van der Waals surface area contributed by atoms with E-state index in [1.54, 1.807) is 17.4 Å². The van der Waals surface area contributed by atoms with Gasteiger partial charge in [-0.15, -0.1) is 11.3 Å². The Labute approximate surface area is 124 Å². The first-order valence-electron chi connectivity index (χ1n) is 7.25. The number of nitrogens with one attached hydrogen (secondary N) is 1. The Bertz CT molecular complexity index is 553. The molecule has 0 radical (unpaired) electrons. The lowest BCUT2D eigenvalue weighted by molar-refractivity contribution is 0.122. The van der Waals surface area contributed by atoms with E-state index >= 15 is 0 Å². The highest BCUT2D eigenvalue weighted by molar-refractivity contribution is 7.19. The Hall–Kier alpha value is -0.970. The maximum Gasteiger partial charge on any atom is 0.132 e. The van der Waals surface area contributed by atoms with Crippen molar-refractivity contribution in [3.8, 4) is 0 Å². The van der Waals surface area contributed by atoms with Crippen molar-refractivity contribution < 1.29 is 9.13 Å². The molecule has 110 valence electrons. The third-order valence-corrected chi connectivity index (χ3v) is 4.35.